The Balaban J connectivity index is 1.84. The van der Waals surface area contributed by atoms with Crippen LogP contribution in [0.25, 0.3) is 0 Å². The first-order chi connectivity index (χ1) is 12.0. The lowest BCUT2D eigenvalue weighted by Crippen LogP contribution is -2.32. The molecule has 1 aliphatic rings. The Morgan fingerprint density at radius 1 is 0.960 bits per heavy atom. The fourth-order valence-corrected chi connectivity index (χ4v) is 3.00. The zero-order valence-electron chi connectivity index (χ0n) is 15.3. The van der Waals surface area contributed by atoms with Gasteiger partial charge in [0, 0.05) is 5.56 Å². The van der Waals surface area contributed by atoms with Gasteiger partial charge in [0.25, 0.3) is 5.91 Å². The summed E-state index contributed by atoms with van der Waals surface area (Å²) in [4.78, 5) is 12.7. The number of nitrogens with one attached hydrogen (secondary N) is 1. The van der Waals surface area contributed by atoms with E-state index in [0.717, 1.165) is 22.6 Å². The monoisotopic (exact) mass is 339 g/mol. The van der Waals surface area contributed by atoms with E-state index in [4.69, 9.17) is 9.47 Å². The van der Waals surface area contributed by atoms with Crippen LogP contribution in [0.5, 0.6) is 11.5 Å². The summed E-state index contributed by atoms with van der Waals surface area (Å²) in [6.07, 6.45) is 0. The molecule has 1 amide bonds. The quantitative estimate of drug-likeness (QED) is 0.908. The van der Waals surface area contributed by atoms with Crippen LogP contribution in [-0.4, -0.2) is 19.1 Å². The van der Waals surface area contributed by atoms with Gasteiger partial charge in [-0.1, -0.05) is 26.0 Å². The van der Waals surface area contributed by atoms with Gasteiger partial charge in [-0.3, -0.25) is 4.79 Å². The van der Waals surface area contributed by atoms with E-state index in [9.17, 15) is 4.79 Å². The van der Waals surface area contributed by atoms with E-state index in [2.05, 4.69) is 19.2 Å². The molecule has 0 saturated carbocycles. The van der Waals surface area contributed by atoms with Gasteiger partial charge < -0.3 is 14.8 Å². The summed E-state index contributed by atoms with van der Waals surface area (Å²) in [5.41, 5.74) is 4.01. The molecule has 0 saturated heterocycles. The first kappa shape index (κ1) is 17.3. The van der Waals surface area contributed by atoms with Crippen LogP contribution in [-0.2, 0) is 0 Å². The predicted octanol–water partition coefficient (Wildman–Crippen LogP) is 4.20. The number of carbonyl (C=O) groups is 1. The highest BCUT2D eigenvalue weighted by Gasteiger charge is 2.22. The SMILES string of the molecule is Cc1ccc(C(=O)N[C@H](c2ccc3c(c2)OCCO3)C(C)C)cc1C. The summed E-state index contributed by atoms with van der Waals surface area (Å²) < 4.78 is 11.3. The normalized spacial score (nSPS) is 14.3. The summed E-state index contributed by atoms with van der Waals surface area (Å²) in [7, 11) is 0. The third-order valence-electron chi connectivity index (χ3n) is 4.65. The second-order valence-corrected chi connectivity index (χ2v) is 6.90. The number of carbonyl (C=O) groups excluding carboxylic acids is 1. The Labute approximate surface area is 149 Å². The molecule has 0 bridgehead atoms. The molecule has 0 aromatic heterocycles. The summed E-state index contributed by atoms with van der Waals surface area (Å²) in [6, 6.07) is 11.6. The van der Waals surface area contributed by atoms with E-state index < -0.39 is 0 Å². The molecular weight excluding hydrogens is 314 g/mol. The van der Waals surface area contributed by atoms with Gasteiger partial charge in [-0.05, 0) is 60.7 Å². The van der Waals surface area contributed by atoms with Crippen molar-refractivity contribution in [1.82, 2.24) is 5.32 Å². The Hall–Kier alpha value is -2.49. The number of hydrogen-bond donors (Lipinski definition) is 1. The number of rotatable bonds is 4. The Morgan fingerprint density at radius 2 is 1.68 bits per heavy atom. The van der Waals surface area contributed by atoms with Crippen LogP contribution in [0.2, 0.25) is 0 Å². The lowest BCUT2D eigenvalue weighted by Gasteiger charge is -2.25. The minimum absolute atomic E-state index is 0.0586. The molecule has 0 radical (unpaired) electrons. The molecule has 0 fully saturated rings. The van der Waals surface area contributed by atoms with Gasteiger partial charge in [0.1, 0.15) is 13.2 Å². The highest BCUT2D eigenvalue weighted by Crippen LogP contribution is 2.34. The number of benzene rings is 2. The first-order valence-corrected chi connectivity index (χ1v) is 8.73. The molecule has 4 nitrogen and oxygen atoms in total. The number of ether oxygens (including phenoxy) is 2. The van der Waals surface area contributed by atoms with Crippen molar-refractivity contribution >= 4 is 5.91 Å². The van der Waals surface area contributed by atoms with Crippen molar-refractivity contribution < 1.29 is 14.3 Å². The van der Waals surface area contributed by atoms with E-state index >= 15 is 0 Å². The summed E-state index contributed by atoms with van der Waals surface area (Å²) in [5, 5.41) is 3.17. The zero-order chi connectivity index (χ0) is 18.0. The van der Waals surface area contributed by atoms with Crippen LogP contribution in [0.4, 0.5) is 0 Å². The van der Waals surface area contributed by atoms with Crippen molar-refractivity contribution in [3.05, 3.63) is 58.7 Å². The molecule has 132 valence electrons. The van der Waals surface area contributed by atoms with Gasteiger partial charge in [-0.2, -0.15) is 0 Å². The van der Waals surface area contributed by atoms with Crippen molar-refractivity contribution in [3.8, 4) is 11.5 Å². The van der Waals surface area contributed by atoms with E-state index in [1.54, 1.807) is 0 Å². The second kappa shape index (κ2) is 7.18. The molecule has 2 aromatic carbocycles. The molecule has 1 atom stereocenters. The first-order valence-electron chi connectivity index (χ1n) is 8.73. The molecule has 1 heterocycles. The molecule has 3 rings (SSSR count). The van der Waals surface area contributed by atoms with Crippen LogP contribution in [0.3, 0.4) is 0 Å². The van der Waals surface area contributed by atoms with E-state index in [1.807, 2.05) is 50.2 Å². The maximum absolute atomic E-state index is 12.7. The standard InChI is InChI=1S/C21H25NO3/c1-13(2)20(16-7-8-18-19(12-16)25-10-9-24-18)22-21(23)17-6-5-14(3)15(4)11-17/h5-8,11-13,20H,9-10H2,1-4H3,(H,22,23)/t20-/m0/s1. The topological polar surface area (TPSA) is 47.6 Å². The number of aryl methyl sites for hydroxylation is 2. The van der Waals surface area contributed by atoms with Crippen molar-refractivity contribution in [2.45, 2.75) is 33.7 Å². The molecule has 2 aromatic rings. The highest BCUT2D eigenvalue weighted by molar-refractivity contribution is 5.94. The average molecular weight is 339 g/mol. The average Bonchev–Trinajstić information content (AvgIpc) is 2.61. The van der Waals surface area contributed by atoms with Gasteiger partial charge in [-0.25, -0.2) is 0 Å². The molecule has 25 heavy (non-hydrogen) atoms. The van der Waals surface area contributed by atoms with Gasteiger partial charge in [-0.15, -0.1) is 0 Å². The van der Waals surface area contributed by atoms with Crippen molar-refractivity contribution in [3.63, 3.8) is 0 Å². The highest BCUT2D eigenvalue weighted by atomic mass is 16.6. The lowest BCUT2D eigenvalue weighted by atomic mass is 9.95. The van der Waals surface area contributed by atoms with Crippen LogP contribution >= 0.6 is 0 Å². The van der Waals surface area contributed by atoms with Crippen LogP contribution < -0.4 is 14.8 Å². The van der Waals surface area contributed by atoms with Crippen LogP contribution in [0, 0.1) is 19.8 Å². The molecular formula is C21H25NO3. The third-order valence-corrected chi connectivity index (χ3v) is 4.65. The maximum atomic E-state index is 12.7. The molecule has 0 aliphatic carbocycles. The molecule has 1 aliphatic heterocycles. The van der Waals surface area contributed by atoms with E-state index in [0.29, 0.717) is 18.8 Å². The predicted molar refractivity (Wildman–Crippen MR) is 98.4 cm³/mol. The largest absolute Gasteiger partial charge is 0.486 e. The molecule has 4 heteroatoms. The van der Waals surface area contributed by atoms with Gasteiger partial charge in [0.15, 0.2) is 11.5 Å². The molecule has 0 spiro atoms. The maximum Gasteiger partial charge on any atom is 0.251 e. The number of amides is 1. The van der Waals surface area contributed by atoms with E-state index in [-0.39, 0.29) is 17.9 Å². The molecule has 0 unspecified atom stereocenters. The summed E-state index contributed by atoms with van der Waals surface area (Å²) in [6.45, 7) is 9.39. The number of hydrogen-bond acceptors (Lipinski definition) is 3. The minimum Gasteiger partial charge on any atom is -0.486 e. The van der Waals surface area contributed by atoms with Gasteiger partial charge in [0.05, 0.1) is 6.04 Å². The Morgan fingerprint density at radius 3 is 2.36 bits per heavy atom. The Bertz CT molecular complexity index is 783. The zero-order valence-corrected chi connectivity index (χ0v) is 15.3. The second-order valence-electron chi connectivity index (χ2n) is 6.90. The summed E-state index contributed by atoms with van der Waals surface area (Å²) >= 11 is 0. The van der Waals surface area contributed by atoms with Crippen molar-refractivity contribution in [2.24, 2.45) is 5.92 Å². The molecule has 1 N–H and O–H groups in total. The summed E-state index contributed by atoms with van der Waals surface area (Å²) in [5.74, 6) is 1.70. The number of fused-ring (bicyclic) bond motifs is 1. The van der Waals surface area contributed by atoms with Crippen molar-refractivity contribution in [2.75, 3.05) is 13.2 Å². The van der Waals surface area contributed by atoms with E-state index in [1.165, 1.54) is 5.56 Å². The fourth-order valence-electron chi connectivity index (χ4n) is 3.00. The van der Waals surface area contributed by atoms with Crippen LogP contribution in [0.15, 0.2) is 36.4 Å². The lowest BCUT2D eigenvalue weighted by molar-refractivity contribution is 0.0925. The van der Waals surface area contributed by atoms with Crippen LogP contribution in [0.1, 0.15) is 46.9 Å². The smallest absolute Gasteiger partial charge is 0.251 e. The van der Waals surface area contributed by atoms with Gasteiger partial charge in [0.2, 0.25) is 0 Å². The minimum atomic E-state index is -0.0927. The fraction of sp³-hybridized carbons (Fsp3) is 0.381. The Kier molecular flexibility index (Phi) is 4.98. The van der Waals surface area contributed by atoms with Crippen molar-refractivity contribution in [1.29, 1.82) is 0 Å². The third kappa shape index (κ3) is 3.78. The van der Waals surface area contributed by atoms with Gasteiger partial charge >= 0.3 is 0 Å².